The maximum atomic E-state index is 10.7. The molecule has 0 aromatic carbocycles. The number of aliphatic carboxylic acids is 1. The average Bonchev–Trinajstić information content (AvgIpc) is 2.25. The van der Waals surface area contributed by atoms with Crippen LogP contribution in [0.2, 0.25) is 0 Å². The standard InChI is InChI=1S/C9H17NO3.C2H6.CH4/c1-2-8(11)10-7-5-3-4-6-9(12)13;1-2;/h2-7H2,1H3,(H,10,11)(H,12,13);1-2H3;1H4. The fourth-order valence-electron chi connectivity index (χ4n) is 0.931. The lowest BCUT2D eigenvalue weighted by Crippen LogP contribution is -2.23. The Hall–Kier alpha value is -1.06. The highest BCUT2D eigenvalue weighted by Crippen LogP contribution is 1.98. The molecule has 0 rings (SSSR count). The molecule has 0 saturated heterocycles. The van der Waals surface area contributed by atoms with Crippen molar-refractivity contribution in [2.45, 2.75) is 60.3 Å². The molecule has 0 saturated carbocycles. The highest BCUT2D eigenvalue weighted by Gasteiger charge is 1.97. The van der Waals surface area contributed by atoms with Gasteiger partial charge in [-0.05, 0) is 12.8 Å². The molecule has 0 bridgehead atoms. The molecule has 4 nitrogen and oxygen atoms in total. The molecule has 0 unspecified atom stereocenters. The molecule has 0 heterocycles. The van der Waals surface area contributed by atoms with Crippen LogP contribution in [-0.4, -0.2) is 23.5 Å². The zero-order valence-corrected chi connectivity index (χ0v) is 10.0. The summed E-state index contributed by atoms with van der Waals surface area (Å²) in [6.45, 7) is 6.46. The van der Waals surface area contributed by atoms with Crippen molar-refractivity contribution in [3.05, 3.63) is 0 Å². The van der Waals surface area contributed by atoms with E-state index in [1.54, 1.807) is 6.92 Å². The van der Waals surface area contributed by atoms with Crippen molar-refractivity contribution in [3.8, 4) is 0 Å². The predicted octanol–water partition coefficient (Wildman–Crippen LogP) is 2.82. The molecule has 0 aromatic rings. The van der Waals surface area contributed by atoms with Crippen LogP contribution in [0, 0.1) is 0 Å². The van der Waals surface area contributed by atoms with Crippen molar-refractivity contribution in [3.63, 3.8) is 0 Å². The van der Waals surface area contributed by atoms with Crippen LogP contribution in [0.5, 0.6) is 0 Å². The van der Waals surface area contributed by atoms with Crippen LogP contribution in [0.4, 0.5) is 0 Å². The number of nitrogens with one attached hydrogen (secondary N) is 1. The van der Waals surface area contributed by atoms with Gasteiger partial charge in [0.25, 0.3) is 0 Å². The minimum atomic E-state index is -0.752. The van der Waals surface area contributed by atoms with Crippen molar-refractivity contribution in [2.24, 2.45) is 0 Å². The van der Waals surface area contributed by atoms with E-state index in [1.807, 2.05) is 13.8 Å². The van der Waals surface area contributed by atoms with E-state index in [0.717, 1.165) is 12.8 Å². The summed E-state index contributed by atoms with van der Waals surface area (Å²) in [5.74, 6) is -0.698. The number of carbonyl (C=O) groups excluding carboxylic acids is 1. The summed E-state index contributed by atoms with van der Waals surface area (Å²) in [4.78, 5) is 20.9. The van der Waals surface area contributed by atoms with Gasteiger partial charge in [0.05, 0.1) is 0 Å². The van der Waals surface area contributed by atoms with E-state index in [0.29, 0.717) is 19.4 Å². The number of carboxylic acid groups (broad SMARTS) is 1. The summed E-state index contributed by atoms with van der Waals surface area (Å²) in [5, 5.41) is 11.1. The van der Waals surface area contributed by atoms with Gasteiger partial charge in [-0.15, -0.1) is 0 Å². The molecule has 1 amide bonds. The summed E-state index contributed by atoms with van der Waals surface area (Å²) in [7, 11) is 0. The molecule has 0 aliphatic carbocycles. The second-order valence-corrected chi connectivity index (χ2v) is 2.91. The van der Waals surface area contributed by atoms with Crippen LogP contribution in [0.25, 0.3) is 0 Å². The van der Waals surface area contributed by atoms with Gasteiger partial charge >= 0.3 is 5.97 Å². The number of carboxylic acids is 1. The van der Waals surface area contributed by atoms with Gasteiger partial charge in [0, 0.05) is 19.4 Å². The monoisotopic (exact) mass is 233 g/mol. The number of carbonyl (C=O) groups is 2. The quantitative estimate of drug-likeness (QED) is 0.664. The van der Waals surface area contributed by atoms with E-state index in [4.69, 9.17) is 5.11 Å². The summed E-state index contributed by atoms with van der Waals surface area (Å²) >= 11 is 0. The van der Waals surface area contributed by atoms with Crippen molar-refractivity contribution in [2.75, 3.05) is 6.54 Å². The van der Waals surface area contributed by atoms with Crippen LogP contribution in [0.15, 0.2) is 0 Å². The summed E-state index contributed by atoms with van der Waals surface area (Å²) in [6.07, 6.45) is 3.14. The van der Waals surface area contributed by atoms with Gasteiger partial charge in [-0.2, -0.15) is 0 Å². The van der Waals surface area contributed by atoms with Crippen LogP contribution < -0.4 is 5.32 Å². The number of amides is 1. The molecule has 0 aliphatic heterocycles. The van der Waals surface area contributed by atoms with E-state index in [-0.39, 0.29) is 19.8 Å². The molecule has 98 valence electrons. The fraction of sp³-hybridized carbons (Fsp3) is 0.833. The molecule has 0 aromatic heterocycles. The van der Waals surface area contributed by atoms with Gasteiger partial charge in [-0.3, -0.25) is 9.59 Å². The minimum absolute atomic E-state index is 0. The van der Waals surface area contributed by atoms with Crippen LogP contribution in [0.3, 0.4) is 0 Å². The lowest BCUT2D eigenvalue weighted by Gasteiger charge is -2.01. The predicted molar refractivity (Wildman–Crippen MR) is 67.5 cm³/mol. The maximum absolute atomic E-state index is 10.7. The van der Waals surface area contributed by atoms with E-state index in [1.165, 1.54) is 0 Å². The average molecular weight is 233 g/mol. The molecule has 0 radical (unpaired) electrons. The lowest BCUT2D eigenvalue weighted by atomic mass is 10.2. The number of rotatable bonds is 7. The Morgan fingerprint density at radius 2 is 1.69 bits per heavy atom. The van der Waals surface area contributed by atoms with Gasteiger partial charge in [0.2, 0.25) is 5.91 Å². The van der Waals surface area contributed by atoms with E-state index < -0.39 is 5.97 Å². The normalized spacial score (nSPS) is 8.19. The Morgan fingerprint density at radius 3 is 2.12 bits per heavy atom. The highest BCUT2D eigenvalue weighted by atomic mass is 16.4. The number of hydrogen-bond acceptors (Lipinski definition) is 2. The van der Waals surface area contributed by atoms with Crippen LogP contribution >= 0.6 is 0 Å². The fourth-order valence-corrected chi connectivity index (χ4v) is 0.931. The lowest BCUT2D eigenvalue weighted by molar-refractivity contribution is -0.137. The second kappa shape index (κ2) is 16.4. The first kappa shape index (κ1) is 20.4. The Labute approximate surface area is 99.4 Å². The molecular formula is C12H27NO3. The number of unbranched alkanes of at least 4 members (excludes halogenated alkanes) is 2. The number of hydrogen-bond donors (Lipinski definition) is 2. The molecular weight excluding hydrogens is 206 g/mol. The van der Waals surface area contributed by atoms with Crippen molar-refractivity contribution in [1.29, 1.82) is 0 Å². The molecule has 0 atom stereocenters. The molecule has 2 N–H and O–H groups in total. The van der Waals surface area contributed by atoms with Crippen molar-refractivity contribution in [1.82, 2.24) is 5.32 Å². The Balaban J connectivity index is -0.000000529. The maximum Gasteiger partial charge on any atom is 0.303 e. The molecule has 0 fully saturated rings. The van der Waals surface area contributed by atoms with Gasteiger partial charge in [-0.25, -0.2) is 0 Å². The van der Waals surface area contributed by atoms with Crippen LogP contribution in [-0.2, 0) is 9.59 Å². The third-order valence-electron chi connectivity index (χ3n) is 1.71. The third-order valence-corrected chi connectivity index (χ3v) is 1.71. The second-order valence-electron chi connectivity index (χ2n) is 2.91. The topological polar surface area (TPSA) is 66.4 Å². The summed E-state index contributed by atoms with van der Waals surface area (Å²) in [6, 6.07) is 0. The SMILES string of the molecule is C.CC.CCC(=O)NCCCCCC(=O)O. The smallest absolute Gasteiger partial charge is 0.303 e. The van der Waals surface area contributed by atoms with Gasteiger partial charge in [0.15, 0.2) is 0 Å². The Kier molecular flexibility index (Phi) is 20.8. The summed E-state index contributed by atoms with van der Waals surface area (Å²) in [5.41, 5.74) is 0. The first-order valence-corrected chi connectivity index (χ1v) is 5.65. The Bertz CT molecular complexity index is 170. The van der Waals surface area contributed by atoms with Gasteiger partial charge in [-0.1, -0.05) is 34.6 Å². The highest BCUT2D eigenvalue weighted by molar-refractivity contribution is 5.75. The zero-order chi connectivity index (χ0) is 12.1. The molecule has 16 heavy (non-hydrogen) atoms. The summed E-state index contributed by atoms with van der Waals surface area (Å²) < 4.78 is 0. The molecule has 0 spiro atoms. The Morgan fingerprint density at radius 1 is 1.12 bits per heavy atom. The largest absolute Gasteiger partial charge is 0.481 e. The molecule has 0 aliphatic rings. The van der Waals surface area contributed by atoms with Crippen LogP contribution in [0.1, 0.15) is 60.3 Å². The molecule has 4 heteroatoms. The zero-order valence-electron chi connectivity index (χ0n) is 10.0. The van der Waals surface area contributed by atoms with Crippen molar-refractivity contribution >= 4 is 11.9 Å². The third kappa shape index (κ3) is 18.7. The van der Waals surface area contributed by atoms with Gasteiger partial charge < -0.3 is 10.4 Å². The van der Waals surface area contributed by atoms with E-state index in [9.17, 15) is 9.59 Å². The van der Waals surface area contributed by atoms with Gasteiger partial charge in [0.1, 0.15) is 0 Å². The minimum Gasteiger partial charge on any atom is -0.481 e. The van der Waals surface area contributed by atoms with E-state index >= 15 is 0 Å². The van der Waals surface area contributed by atoms with Crippen molar-refractivity contribution < 1.29 is 14.7 Å². The van der Waals surface area contributed by atoms with E-state index in [2.05, 4.69) is 5.32 Å². The first-order chi connectivity index (χ1) is 7.16. The first-order valence-electron chi connectivity index (χ1n) is 5.65.